The van der Waals surface area contributed by atoms with E-state index < -0.39 is 9.05 Å². The van der Waals surface area contributed by atoms with Gasteiger partial charge in [0.15, 0.2) is 5.65 Å². The second-order valence-corrected chi connectivity index (χ2v) is 5.24. The number of nitrogens with zero attached hydrogens (tertiary/aromatic N) is 3. The van der Waals surface area contributed by atoms with Gasteiger partial charge in [0.1, 0.15) is 4.90 Å². The van der Waals surface area contributed by atoms with Crippen LogP contribution in [0.5, 0.6) is 0 Å². The molecule has 7 heteroatoms. The third-order valence-corrected chi connectivity index (χ3v) is 3.19. The largest absolute Gasteiger partial charge is 0.266 e. The van der Waals surface area contributed by atoms with Gasteiger partial charge in [0.2, 0.25) is 0 Å². The first kappa shape index (κ1) is 9.42. The highest BCUT2D eigenvalue weighted by Crippen LogP contribution is 2.22. The van der Waals surface area contributed by atoms with Crippen molar-refractivity contribution in [1.82, 2.24) is 14.6 Å². The molecule has 0 aliphatic heterocycles. The predicted octanol–water partition coefficient (Wildman–Crippen LogP) is 0.965. The van der Waals surface area contributed by atoms with Crippen molar-refractivity contribution in [1.29, 1.82) is 0 Å². The van der Waals surface area contributed by atoms with Crippen molar-refractivity contribution in [2.45, 2.75) is 11.8 Å². The molecule has 0 radical (unpaired) electrons. The second kappa shape index (κ2) is 2.93. The maximum atomic E-state index is 11.2. The Morgan fingerprint density at radius 1 is 1.50 bits per heavy atom. The molecule has 2 aromatic rings. The van der Waals surface area contributed by atoms with Gasteiger partial charge in [-0.3, -0.25) is 0 Å². The highest BCUT2D eigenvalue weighted by Gasteiger charge is 2.21. The lowest BCUT2D eigenvalue weighted by atomic mass is 10.5. The lowest BCUT2D eigenvalue weighted by Gasteiger charge is -1.92. The fourth-order valence-electron chi connectivity index (χ4n) is 1.26. The summed E-state index contributed by atoms with van der Waals surface area (Å²) in [5, 5.41) is 3.97. The van der Waals surface area contributed by atoms with Crippen LogP contribution in [0.3, 0.4) is 0 Å². The zero-order valence-corrected chi connectivity index (χ0v) is 8.75. The summed E-state index contributed by atoms with van der Waals surface area (Å²) in [6, 6.07) is 1.66. The highest BCUT2D eigenvalue weighted by atomic mass is 35.7. The molecule has 0 spiro atoms. The monoisotopic (exact) mass is 231 g/mol. The Kier molecular flexibility index (Phi) is 1.97. The van der Waals surface area contributed by atoms with Crippen molar-refractivity contribution in [2.75, 3.05) is 0 Å². The van der Waals surface area contributed by atoms with Crippen molar-refractivity contribution >= 4 is 25.4 Å². The fourth-order valence-corrected chi connectivity index (χ4v) is 2.56. The van der Waals surface area contributed by atoms with Crippen LogP contribution >= 0.6 is 10.7 Å². The minimum Gasteiger partial charge on any atom is -0.236 e. The summed E-state index contributed by atoms with van der Waals surface area (Å²) in [5.74, 6) is 0. The van der Waals surface area contributed by atoms with Gasteiger partial charge in [-0.1, -0.05) is 0 Å². The van der Waals surface area contributed by atoms with Gasteiger partial charge in [0, 0.05) is 23.1 Å². The number of hydrogen-bond donors (Lipinski definition) is 0. The number of fused-ring (bicyclic) bond motifs is 1. The van der Waals surface area contributed by atoms with Gasteiger partial charge in [-0.05, 0) is 13.0 Å². The van der Waals surface area contributed by atoms with Gasteiger partial charge in [0.05, 0.1) is 5.69 Å². The summed E-state index contributed by atoms with van der Waals surface area (Å²) < 4.78 is 23.8. The van der Waals surface area contributed by atoms with Gasteiger partial charge < -0.3 is 0 Å². The summed E-state index contributed by atoms with van der Waals surface area (Å²) in [7, 11) is 1.47. The van der Waals surface area contributed by atoms with E-state index in [1.54, 1.807) is 19.2 Å². The van der Waals surface area contributed by atoms with Crippen LogP contribution in [-0.4, -0.2) is 23.0 Å². The highest BCUT2D eigenvalue weighted by molar-refractivity contribution is 8.14. The standard InChI is InChI=1S/C7H6ClN3O2S/c1-5-6(14(8,12)13)7-9-3-2-4-11(7)10-5/h2-4H,1H3. The molecule has 0 atom stereocenters. The molecule has 2 rings (SSSR count). The number of aryl methyl sites for hydroxylation is 1. The van der Waals surface area contributed by atoms with Crippen molar-refractivity contribution in [3.8, 4) is 0 Å². The Bertz CT molecular complexity index is 590. The van der Waals surface area contributed by atoms with E-state index >= 15 is 0 Å². The minimum absolute atomic E-state index is 0.0280. The van der Waals surface area contributed by atoms with Gasteiger partial charge in [-0.2, -0.15) is 5.10 Å². The number of hydrogen-bond acceptors (Lipinski definition) is 4. The molecule has 0 fully saturated rings. The Morgan fingerprint density at radius 3 is 2.86 bits per heavy atom. The van der Waals surface area contributed by atoms with Gasteiger partial charge in [-0.15, -0.1) is 0 Å². The smallest absolute Gasteiger partial charge is 0.236 e. The van der Waals surface area contributed by atoms with Crippen LogP contribution in [-0.2, 0) is 9.05 Å². The van der Waals surface area contributed by atoms with Crippen LogP contribution in [0.4, 0.5) is 0 Å². The maximum absolute atomic E-state index is 11.2. The van der Waals surface area contributed by atoms with Gasteiger partial charge >= 0.3 is 0 Å². The lowest BCUT2D eigenvalue weighted by Crippen LogP contribution is -1.93. The first-order valence-electron chi connectivity index (χ1n) is 3.75. The summed E-state index contributed by atoms with van der Waals surface area (Å²) in [5.41, 5.74) is 0.596. The van der Waals surface area contributed by atoms with E-state index in [9.17, 15) is 8.42 Å². The molecule has 5 nitrogen and oxygen atoms in total. The third kappa shape index (κ3) is 1.36. The van der Waals surface area contributed by atoms with E-state index in [2.05, 4.69) is 10.1 Å². The molecule has 0 aliphatic rings. The molecule has 2 heterocycles. The van der Waals surface area contributed by atoms with Crippen molar-refractivity contribution < 1.29 is 8.42 Å². The fraction of sp³-hybridized carbons (Fsp3) is 0.143. The molecular weight excluding hydrogens is 226 g/mol. The van der Waals surface area contributed by atoms with Crippen LogP contribution in [0.2, 0.25) is 0 Å². The maximum Gasteiger partial charge on any atom is 0.266 e. The molecule has 2 aromatic heterocycles. The molecule has 0 saturated carbocycles. The van der Waals surface area contributed by atoms with Crippen LogP contribution in [0.25, 0.3) is 5.65 Å². The number of rotatable bonds is 1. The summed E-state index contributed by atoms with van der Waals surface area (Å²) in [4.78, 5) is 3.88. The molecule has 0 bridgehead atoms. The first-order valence-corrected chi connectivity index (χ1v) is 6.05. The Balaban J connectivity index is 2.95. The van der Waals surface area contributed by atoms with E-state index in [1.807, 2.05) is 0 Å². The number of halogens is 1. The zero-order valence-electron chi connectivity index (χ0n) is 7.18. The van der Waals surface area contributed by atoms with E-state index in [0.717, 1.165) is 0 Å². The summed E-state index contributed by atoms with van der Waals surface area (Å²) in [6.07, 6.45) is 3.10. The molecular formula is C7H6ClN3O2S. The van der Waals surface area contributed by atoms with Gasteiger partial charge in [0.25, 0.3) is 9.05 Å². The Morgan fingerprint density at radius 2 is 2.21 bits per heavy atom. The third-order valence-electron chi connectivity index (χ3n) is 1.76. The molecule has 0 saturated heterocycles. The SMILES string of the molecule is Cc1nn2cccnc2c1S(=O)(=O)Cl. The number of aromatic nitrogens is 3. The molecule has 0 N–H and O–H groups in total. The molecule has 0 aliphatic carbocycles. The van der Waals surface area contributed by atoms with E-state index in [4.69, 9.17) is 10.7 Å². The quantitative estimate of drug-likeness (QED) is 0.686. The molecule has 14 heavy (non-hydrogen) atoms. The van der Waals surface area contributed by atoms with Crippen LogP contribution in [0, 0.1) is 6.92 Å². The van der Waals surface area contributed by atoms with E-state index in [1.165, 1.54) is 10.7 Å². The van der Waals surface area contributed by atoms with E-state index in [0.29, 0.717) is 5.69 Å². The molecule has 0 unspecified atom stereocenters. The Hall–Kier alpha value is -1.14. The minimum atomic E-state index is -3.79. The average Bonchev–Trinajstić information content (AvgIpc) is 2.38. The first-order chi connectivity index (χ1) is 6.50. The van der Waals surface area contributed by atoms with Crippen LogP contribution < -0.4 is 0 Å². The Labute approximate surface area is 84.8 Å². The van der Waals surface area contributed by atoms with Crippen LogP contribution in [0.1, 0.15) is 5.69 Å². The van der Waals surface area contributed by atoms with Crippen molar-refractivity contribution in [3.05, 3.63) is 24.2 Å². The molecule has 0 aromatic carbocycles. The topological polar surface area (TPSA) is 64.3 Å². The van der Waals surface area contributed by atoms with Crippen LogP contribution in [0.15, 0.2) is 23.4 Å². The lowest BCUT2D eigenvalue weighted by molar-refractivity contribution is 0.609. The summed E-state index contributed by atoms with van der Waals surface area (Å²) in [6.45, 7) is 1.57. The zero-order chi connectivity index (χ0) is 10.3. The predicted molar refractivity (Wildman–Crippen MR) is 50.8 cm³/mol. The van der Waals surface area contributed by atoms with Crippen molar-refractivity contribution in [2.24, 2.45) is 0 Å². The summed E-state index contributed by atoms with van der Waals surface area (Å²) >= 11 is 0. The van der Waals surface area contributed by atoms with Crippen molar-refractivity contribution in [3.63, 3.8) is 0 Å². The second-order valence-electron chi connectivity index (χ2n) is 2.74. The van der Waals surface area contributed by atoms with Gasteiger partial charge in [-0.25, -0.2) is 17.9 Å². The van der Waals surface area contributed by atoms with E-state index in [-0.39, 0.29) is 10.5 Å². The average molecular weight is 232 g/mol. The normalized spacial score (nSPS) is 12.1. The molecule has 74 valence electrons. The molecule has 0 amide bonds.